The molecule has 0 radical (unpaired) electrons. The van der Waals surface area contributed by atoms with Crippen LogP contribution in [0.1, 0.15) is 10.9 Å². The van der Waals surface area contributed by atoms with Crippen LogP contribution in [0.4, 0.5) is 8.78 Å². The van der Waals surface area contributed by atoms with Crippen molar-refractivity contribution >= 4 is 17.9 Å². The molecule has 64 valence electrons. The van der Waals surface area contributed by atoms with E-state index in [1.807, 2.05) is 0 Å². The van der Waals surface area contributed by atoms with Gasteiger partial charge in [-0.15, -0.1) is 11.6 Å². The van der Waals surface area contributed by atoms with Gasteiger partial charge in [0.25, 0.3) is 0 Å². The zero-order valence-electron chi connectivity index (χ0n) is 5.93. The topological polar surface area (TPSA) is 17.1 Å². The lowest BCUT2D eigenvalue weighted by atomic mass is 10.1. The van der Waals surface area contributed by atoms with Crippen LogP contribution in [0.2, 0.25) is 0 Å². The van der Waals surface area contributed by atoms with Crippen molar-refractivity contribution < 1.29 is 13.6 Å². The summed E-state index contributed by atoms with van der Waals surface area (Å²) < 4.78 is 24.9. The maximum atomic E-state index is 12.5. The van der Waals surface area contributed by atoms with Gasteiger partial charge in [-0.05, 0) is 17.7 Å². The van der Waals surface area contributed by atoms with Gasteiger partial charge in [-0.25, -0.2) is 8.78 Å². The quantitative estimate of drug-likeness (QED) is 0.517. The second-order valence-electron chi connectivity index (χ2n) is 2.21. The third kappa shape index (κ3) is 1.80. The van der Waals surface area contributed by atoms with E-state index in [0.717, 1.165) is 12.1 Å². The molecule has 0 aliphatic heterocycles. The highest BCUT2D eigenvalue weighted by atomic mass is 35.5. The van der Waals surface area contributed by atoms with Crippen molar-refractivity contribution in [1.82, 2.24) is 0 Å². The van der Waals surface area contributed by atoms with Gasteiger partial charge in [-0.3, -0.25) is 0 Å². The smallest absolute Gasteiger partial charge is 0.159 e. The van der Waals surface area contributed by atoms with Crippen molar-refractivity contribution in [2.75, 3.05) is 0 Å². The molecule has 0 aliphatic carbocycles. The van der Waals surface area contributed by atoms with Crippen LogP contribution >= 0.6 is 11.6 Å². The van der Waals surface area contributed by atoms with E-state index >= 15 is 0 Å². The average molecular weight is 191 g/mol. The van der Waals surface area contributed by atoms with Crippen molar-refractivity contribution in [2.24, 2.45) is 0 Å². The predicted molar refractivity (Wildman–Crippen MR) is 41.0 cm³/mol. The molecule has 0 bridgehead atoms. The molecule has 0 aliphatic rings. The van der Waals surface area contributed by atoms with Gasteiger partial charge >= 0.3 is 0 Å². The van der Waals surface area contributed by atoms with Crippen LogP contribution in [0.15, 0.2) is 18.2 Å². The van der Waals surface area contributed by atoms with Crippen molar-refractivity contribution in [3.63, 3.8) is 0 Å². The number of rotatable bonds is 2. The Labute approximate surface area is 73.0 Å². The molecule has 1 aromatic carbocycles. The molecule has 0 heterocycles. The molecule has 0 fully saturated rings. The molecule has 1 nitrogen and oxygen atoms in total. The predicted octanol–water partition coefficient (Wildman–Crippen LogP) is 2.44. The van der Waals surface area contributed by atoms with Crippen molar-refractivity contribution in [3.8, 4) is 0 Å². The Bertz CT molecular complexity index is 301. The monoisotopic (exact) mass is 190 g/mol. The third-order valence-corrected chi connectivity index (χ3v) is 1.74. The first kappa shape index (κ1) is 9.13. The number of carbonyl (C=O) groups is 1. The largest absolute Gasteiger partial charge is 0.301 e. The van der Waals surface area contributed by atoms with Gasteiger partial charge in [0.2, 0.25) is 0 Å². The fourth-order valence-electron chi connectivity index (χ4n) is 0.762. The highest BCUT2D eigenvalue weighted by Gasteiger charge is 2.09. The normalized spacial score (nSPS) is 12.6. The van der Waals surface area contributed by atoms with Crippen LogP contribution in [-0.4, -0.2) is 6.29 Å². The van der Waals surface area contributed by atoms with Crippen molar-refractivity contribution in [3.05, 3.63) is 35.4 Å². The molecular formula is C8H5ClF2O. The summed E-state index contributed by atoms with van der Waals surface area (Å²) >= 11 is 5.46. The third-order valence-electron chi connectivity index (χ3n) is 1.38. The molecule has 12 heavy (non-hydrogen) atoms. The number of alkyl halides is 1. The van der Waals surface area contributed by atoms with Crippen LogP contribution in [0.5, 0.6) is 0 Å². The Morgan fingerprint density at radius 2 is 2.00 bits per heavy atom. The van der Waals surface area contributed by atoms with E-state index in [2.05, 4.69) is 0 Å². The van der Waals surface area contributed by atoms with Gasteiger partial charge in [0, 0.05) is 0 Å². The van der Waals surface area contributed by atoms with Crippen LogP contribution in [0.25, 0.3) is 0 Å². The number of benzene rings is 1. The first-order valence-electron chi connectivity index (χ1n) is 3.19. The minimum atomic E-state index is -1.000. The first-order valence-corrected chi connectivity index (χ1v) is 3.63. The molecule has 0 aromatic heterocycles. The number of hydrogen-bond acceptors (Lipinski definition) is 1. The Balaban J connectivity index is 3.04. The van der Waals surface area contributed by atoms with E-state index < -0.39 is 17.0 Å². The summed E-state index contributed by atoms with van der Waals surface area (Å²) in [5.74, 6) is -1.95. The maximum Gasteiger partial charge on any atom is 0.159 e. The number of aldehydes is 1. The number of carbonyl (C=O) groups excluding carboxylic acids is 1. The molecule has 1 aromatic rings. The molecule has 0 saturated heterocycles. The average Bonchev–Trinajstić information content (AvgIpc) is 2.08. The van der Waals surface area contributed by atoms with Crippen LogP contribution < -0.4 is 0 Å². The Morgan fingerprint density at radius 1 is 1.33 bits per heavy atom. The second kappa shape index (κ2) is 3.63. The SMILES string of the molecule is O=C[C@@H](Cl)c1ccc(F)c(F)c1. The van der Waals surface area contributed by atoms with Gasteiger partial charge in [0.15, 0.2) is 11.6 Å². The van der Waals surface area contributed by atoms with E-state index in [0.29, 0.717) is 6.29 Å². The highest BCUT2D eigenvalue weighted by Crippen LogP contribution is 2.19. The van der Waals surface area contributed by atoms with E-state index in [4.69, 9.17) is 11.6 Å². The zero-order chi connectivity index (χ0) is 9.14. The molecule has 4 heteroatoms. The summed E-state index contributed by atoms with van der Waals surface area (Å²) in [5.41, 5.74) is 0.255. The van der Waals surface area contributed by atoms with Crippen LogP contribution in [0.3, 0.4) is 0 Å². The fraction of sp³-hybridized carbons (Fsp3) is 0.125. The molecule has 1 rings (SSSR count). The molecule has 0 amide bonds. The Kier molecular flexibility index (Phi) is 2.76. The van der Waals surface area contributed by atoms with E-state index in [1.165, 1.54) is 6.07 Å². The lowest BCUT2D eigenvalue weighted by Gasteiger charge is -2.01. The lowest BCUT2D eigenvalue weighted by Crippen LogP contribution is -1.93. The minimum absolute atomic E-state index is 0.255. The molecule has 0 N–H and O–H groups in total. The molecule has 0 spiro atoms. The summed E-state index contributed by atoms with van der Waals surface area (Å²) in [6.07, 6.45) is 0.453. The number of halogens is 3. The molecular weight excluding hydrogens is 186 g/mol. The summed E-state index contributed by atoms with van der Waals surface area (Å²) in [6, 6.07) is 3.11. The summed E-state index contributed by atoms with van der Waals surface area (Å²) in [4.78, 5) is 10.2. The van der Waals surface area contributed by atoms with Crippen molar-refractivity contribution in [1.29, 1.82) is 0 Å². The summed E-state index contributed by atoms with van der Waals surface area (Å²) in [7, 11) is 0. The standard InChI is InChI=1S/C8H5ClF2O/c9-6(4-12)5-1-2-7(10)8(11)3-5/h1-4,6H/t6-/m1/s1. The van der Waals surface area contributed by atoms with E-state index in [-0.39, 0.29) is 5.56 Å². The molecule has 0 unspecified atom stereocenters. The lowest BCUT2D eigenvalue weighted by molar-refractivity contribution is -0.107. The highest BCUT2D eigenvalue weighted by molar-refractivity contribution is 6.27. The summed E-state index contributed by atoms with van der Waals surface area (Å²) in [6.45, 7) is 0. The number of hydrogen-bond donors (Lipinski definition) is 0. The van der Waals surface area contributed by atoms with Crippen LogP contribution in [0, 0.1) is 11.6 Å². The first-order chi connectivity index (χ1) is 5.65. The summed E-state index contributed by atoms with van der Waals surface area (Å²) in [5, 5.41) is -0.917. The molecule has 1 atom stereocenters. The van der Waals surface area contributed by atoms with E-state index in [1.54, 1.807) is 0 Å². The van der Waals surface area contributed by atoms with E-state index in [9.17, 15) is 13.6 Å². The van der Waals surface area contributed by atoms with Crippen molar-refractivity contribution in [2.45, 2.75) is 5.38 Å². The zero-order valence-corrected chi connectivity index (χ0v) is 6.68. The Morgan fingerprint density at radius 3 is 2.50 bits per heavy atom. The van der Waals surface area contributed by atoms with Gasteiger partial charge in [-0.2, -0.15) is 0 Å². The van der Waals surface area contributed by atoms with Gasteiger partial charge in [0.1, 0.15) is 11.7 Å². The fourth-order valence-corrected chi connectivity index (χ4v) is 0.898. The van der Waals surface area contributed by atoms with Crippen LogP contribution in [-0.2, 0) is 4.79 Å². The van der Waals surface area contributed by atoms with Gasteiger partial charge in [-0.1, -0.05) is 6.07 Å². The van der Waals surface area contributed by atoms with Gasteiger partial charge in [0.05, 0.1) is 0 Å². The maximum absolute atomic E-state index is 12.5. The van der Waals surface area contributed by atoms with Gasteiger partial charge < -0.3 is 4.79 Å². The minimum Gasteiger partial charge on any atom is -0.301 e. The second-order valence-corrected chi connectivity index (χ2v) is 2.68. The Hall–Kier alpha value is -0.960. The molecule has 0 saturated carbocycles.